The summed E-state index contributed by atoms with van der Waals surface area (Å²) in [6, 6.07) is 0. The molecule has 18 heavy (non-hydrogen) atoms. The summed E-state index contributed by atoms with van der Waals surface area (Å²) in [4.78, 5) is 19.4. The Kier molecular flexibility index (Phi) is 3.36. The van der Waals surface area contributed by atoms with Crippen molar-refractivity contribution in [2.45, 2.75) is 44.8 Å². The predicted octanol–water partition coefficient (Wildman–Crippen LogP) is 1.68. The highest BCUT2D eigenvalue weighted by Gasteiger charge is 2.44. The van der Waals surface area contributed by atoms with Crippen LogP contribution < -0.4 is 10.1 Å². The van der Waals surface area contributed by atoms with E-state index in [4.69, 9.17) is 4.74 Å². The summed E-state index contributed by atoms with van der Waals surface area (Å²) in [6.45, 7) is 3.79. The molecule has 1 heterocycles. The molecule has 98 valence electrons. The Hall–Kier alpha value is -1.85. The second-order valence-electron chi connectivity index (χ2n) is 4.77. The minimum absolute atomic E-state index is 0.00619. The molecule has 6 nitrogen and oxygen atoms in total. The number of ether oxygens (including phenoxy) is 1. The maximum Gasteiger partial charge on any atom is 0.329 e. The zero-order valence-corrected chi connectivity index (χ0v) is 10.5. The lowest BCUT2D eigenvalue weighted by molar-refractivity contribution is -0.145. The van der Waals surface area contributed by atoms with Crippen molar-refractivity contribution in [3.8, 4) is 5.88 Å². The number of carbonyl (C=O) groups is 1. The van der Waals surface area contributed by atoms with Gasteiger partial charge in [-0.1, -0.05) is 0 Å². The van der Waals surface area contributed by atoms with Crippen LogP contribution in [0.3, 0.4) is 0 Å². The van der Waals surface area contributed by atoms with Crippen LogP contribution in [0, 0.1) is 0 Å². The molecule has 1 aromatic heterocycles. The van der Waals surface area contributed by atoms with Crippen molar-refractivity contribution < 1.29 is 14.6 Å². The maximum absolute atomic E-state index is 11.2. The summed E-state index contributed by atoms with van der Waals surface area (Å²) < 4.78 is 5.42. The standard InChI is InChI=1S/C12H17N3O3/c1-8(2)18-10-7-13-6-9(14-10)15-12(11(16)17)4-3-5-12/h6-8H,3-5H2,1-2H3,(H,14,15)(H,16,17). The quantitative estimate of drug-likeness (QED) is 0.828. The Morgan fingerprint density at radius 3 is 2.72 bits per heavy atom. The largest absolute Gasteiger partial charge is 0.480 e. The van der Waals surface area contributed by atoms with Crippen molar-refractivity contribution in [3.63, 3.8) is 0 Å². The third-order valence-corrected chi connectivity index (χ3v) is 2.95. The van der Waals surface area contributed by atoms with E-state index < -0.39 is 11.5 Å². The van der Waals surface area contributed by atoms with Gasteiger partial charge in [0.25, 0.3) is 0 Å². The van der Waals surface area contributed by atoms with Crippen LogP contribution in [-0.2, 0) is 4.79 Å². The molecular formula is C12H17N3O3. The lowest BCUT2D eigenvalue weighted by Gasteiger charge is -2.38. The number of rotatable bonds is 5. The van der Waals surface area contributed by atoms with Gasteiger partial charge in [0.2, 0.25) is 5.88 Å². The predicted molar refractivity (Wildman–Crippen MR) is 65.6 cm³/mol. The van der Waals surface area contributed by atoms with Gasteiger partial charge >= 0.3 is 5.97 Å². The molecule has 0 saturated heterocycles. The number of anilines is 1. The lowest BCUT2D eigenvalue weighted by Crippen LogP contribution is -2.52. The van der Waals surface area contributed by atoms with Crippen LogP contribution in [0.2, 0.25) is 0 Å². The molecule has 2 N–H and O–H groups in total. The first-order valence-electron chi connectivity index (χ1n) is 6.02. The van der Waals surface area contributed by atoms with E-state index in [1.807, 2.05) is 13.8 Å². The molecule has 1 fully saturated rings. The van der Waals surface area contributed by atoms with Crippen LogP contribution >= 0.6 is 0 Å². The van der Waals surface area contributed by atoms with Gasteiger partial charge < -0.3 is 15.2 Å². The Labute approximate surface area is 105 Å². The number of nitrogens with one attached hydrogen (secondary N) is 1. The first-order valence-corrected chi connectivity index (χ1v) is 6.02. The van der Waals surface area contributed by atoms with Crippen LogP contribution in [0.1, 0.15) is 33.1 Å². The molecule has 2 rings (SSSR count). The van der Waals surface area contributed by atoms with Crippen LogP contribution in [0.5, 0.6) is 5.88 Å². The zero-order valence-electron chi connectivity index (χ0n) is 10.5. The second-order valence-corrected chi connectivity index (χ2v) is 4.77. The molecule has 0 aromatic carbocycles. The summed E-state index contributed by atoms with van der Waals surface area (Å²) >= 11 is 0. The van der Waals surface area contributed by atoms with E-state index >= 15 is 0 Å². The zero-order chi connectivity index (χ0) is 13.2. The minimum atomic E-state index is -0.884. The number of aromatic nitrogens is 2. The molecule has 1 aromatic rings. The fourth-order valence-corrected chi connectivity index (χ4v) is 1.87. The third kappa shape index (κ3) is 2.52. The van der Waals surface area contributed by atoms with E-state index in [1.165, 1.54) is 12.4 Å². The molecule has 6 heteroatoms. The average molecular weight is 251 g/mol. The number of carboxylic acids is 1. The van der Waals surface area contributed by atoms with Crippen LogP contribution in [-0.4, -0.2) is 32.7 Å². The summed E-state index contributed by atoms with van der Waals surface area (Å²) in [6.07, 6.45) is 5.16. The van der Waals surface area contributed by atoms with E-state index in [0.717, 1.165) is 6.42 Å². The van der Waals surface area contributed by atoms with Crippen LogP contribution in [0.15, 0.2) is 12.4 Å². The van der Waals surface area contributed by atoms with E-state index in [0.29, 0.717) is 24.5 Å². The first kappa shape index (κ1) is 12.6. The number of hydrogen-bond donors (Lipinski definition) is 2. The first-order chi connectivity index (χ1) is 8.52. The Bertz CT molecular complexity index is 444. The Morgan fingerprint density at radius 1 is 1.50 bits per heavy atom. The molecule has 1 aliphatic carbocycles. The van der Waals surface area contributed by atoms with Crippen molar-refractivity contribution in [2.24, 2.45) is 0 Å². The van der Waals surface area contributed by atoms with Gasteiger partial charge in [0.15, 0.2) is 0 Å². The summed E-state index contributed by atoms with van der Waals surface area (Å²) in [7, 11) is 0. The molecule has 1 saturated carbocycles. The fraction of sp³-hybridized carbons (Fsp3) is 0.583. The van der Waals surface area contributed by atoms with Crippen LogP contribution in [0.25, 0.3) is 0 Å². The minimum Gasteiger partial charge on any atom is -0.480 e. The molecule has 0 aliphatic heterocycles. The van der Waals surface area contributed by atoms with Crippen molar-refractivity contribution >= 4 is 11.8 Å². The van der Waals surface area contributed by atoms with Crippen molar-refractivity contribution in [3.05, 3.63) is 12.4 Å². The smallest absolute Gasteiger partial charge is 0.329 e. The maximum atomic E-state index is 11.2. The monoisotopic (exact) mass is 251 g/mol. The Balaban J connectivity index is 2.11. The summed E-state index contributed by atoms with van der Waals surface area (Å²) in [5.74, 6) is -0.00385. The third-order valence-electron chi connectivity index (χ3n) is 2.95. The average Bonchev–Trinajstić information content (AvgIpc) is 2.22. The van der Waals surface area contributed by atoms with Gasteiger partial charge in [0, 0.05) is 0 Å². The van der Waals surface area contributed by atoms with Gasteiger partial charge in [-0.3, -0.25) is 4.98 Å². The highest BCUT2D eigenvalue weighted by molar-refractivity contribution is 5.83. The number of hydrogen-bond acceptors (Lipinski definition) is 5. The van der Waals surface area contributed by atoms with Crippen molar-refractivity contribution in [2.75, 3.05) is 5.32 Å². The molecule has 0 atom stereocenters. The molecule has 0 bridgehead atoms. The summed E-state index contributed by atoms with van der Waals surface area (Å²) in [5, 5.41) is 12.2. The van der Waals surface area contributed by atoms with Crippen molar-refractivity contribution in [1.82, 2.24) is 9.97 Å². The molecule has 1 aliphatic rings. The van der Waals surface area contributed by atoms with Crippen LogP contribution in [0.4, 0.5) is 5.82 Å². The molecule has 0 unspecified atom stereocenters. The Morgan fingerprint density at radius 2 is 2.22 bits per heavy atom. The van der Waals surface area contributed by atoms with E-state index in [9.17, 15) is 9.90 Å². The van der Waals surface area contributed by atoms with Gasteiger partial charge in [-0.2, -0.15) is 4.98 Å². The van der Waals surface area contributed by atoms with E-state index in [1.54, 1.807) is 0 Å². The molecule has 0 radical (unpaired) electrons. The SMILES string of the molecule is CC(C)Oc1cncc(NC2(C(=O)O)CCC2)n1. The van der Waals surface area contributed by atoms with Gasteiger partial charge in [-0.15, -0.1) is 0 Å². The molecular weight excluding hydrogens is 234 g/mol. The highest BCUT2D eigenvalue weighted by Crippen LogP contribution is 2.35. The summed E-state index contributed by atoms with van der Waals surface area (Å²) in [5.41, 5.74) is -0.884. The topological polar surface area (TPSA) is 84.3 Å². The number of aliphatic carboxylic acids is 1. The normalized spacial score (nSPS) is 17.1. The lowest BCUT2D eigenvalue weighted by atomic mass is 9.77. The van der Waals surface area contributed by atoms with Gasteiger partial charge in [0.1, 0.15) is 11.4 Å². The van der Waals surface area contributed by atoms with E-state index in [2.05, 4.69) is 15.3 Å². The fourth-order valence-electron chi connectivity index (χ4n) is 1.87. The van der Waals surface area contributed by atoms with E-state index in [-0.39, 0.29) is 6.10 Å². The van der Waals surface area contributed by atoms with Gasteiger partial charge in [-0.05, 0) is 33.1 Å². The van der Waals surface area contributed by atoms with Crippen molar-refractivity contribution in [1.29, 1.82) is 0 Å². The number of carboxylic acid groups (broad SMARTS) is 1. The highest BCUT2D eigenvalue weighted by atomic mass is 16.5. The molecule has 0 amide bonds. The number of nitrogens with zero attached hydrogens (tertiary/aromatic N) is 2. The molecule has 0 spiro atoms. The van der Waals surface area contributed by atoms with Gasteiger partial charge in [-0.25, -0.2) is 4.79 Å². The van der Waals surface area contributed by atoms with Gasteiger partial charge in [0.05, 0.1) is 18.5 Å². The second kappa shape index (κ2) is 4.80.